The predicted octanol–water partition coefficient (Wildman–Crippen LogP) is 3.39. The number of carbonyl (C=O) groups excluding carboxylic acids is 3. The minimum Gasteiger partial charge on any atom is -0.458 e. The van der Waals surface area contributed by atoms with Gasteiger partial charge < -0.3 is 20.1 Å². The summed E-state index contributed by atoms with van der Waals surface area (Å²) in [5.74, 6) is -1.27. The van der Waals surface area contributed by atoms with Crippen LogP contribution in [0, 0.1) is 10.1 Å². The van der Waals surface area contributed by atoms with E-state index in [9.17, 15) is 24.5 Å². The van der Waals surface area contributed by atoms with Crippen LogP contribution in [0.1, 0.15) is 53.5 Å². The molecule has 10 nitrogen and oxygen atoms in total. The number of ether oxygens (including phenoxy) is 2. The second-order valence-corrected chi connectivity index (χ2v) is 9.15. The van der Waals surface area contributed by atoms with Crippen molar-refractivity contribution in [3.05, 3.63) is 52.1 Å². The first-order valence-electron chi connectivity index (χ1n) is 9.99. The Hall–Kier alpha value is -3.43. The van der Waals surface area contributed by atoms with Gasteiger partial charge in [-0.2, -0.15) is 0 Å². The summed E-state index contributed by atoms with van der Waals surface area (Å²) in [6.07, 6.45) is -1.02. The van der Waals surface area contributed by atoms with Crippen molar-refractivity contribution in [2.75, 3.05) is 0 Å². The number of hydrogen-bond acceptors (Lipinski definition) is 7. The Kier molecular flexibility index (Phi) is 8.93. The number of nitro benzene ring substituents is 1. The van der Waals surface area contributed by atoms with Gasteiger partial charge in [-0.15, -0.1) is 0 Å². The van der Waals surface area contributed by atoms with E-state index in [0.717, 1.165) is 0 Å². The van der Waals surface area contributed by atoms with Gasteiger partial charge in [-0.05, 0) is 47.1 Å². The molecule has 0 bridgehead atoms. The lowest BCUT2D eigenvalue weighted by Gasteiger charge is -2.26. The SMILES string of the molecule is C=C(C[C@H](NC(=O)OC(C)(C)C)C(=O)OC(C)(C)C)C(=O)NCc1ccc([N+](=O)[O-])cc1. The van der Waals surface area contributed by atoms with Gasteiger partial charge in [-0.25, -0.2) is 9.59 Å². The first-order valence-corrected chi connectivity index (χ1v) is 9.99. The van der Waals surface area contributed by atoms with Crippen LogP contribution >= 0.6 is 0 Å². The third-order valence-corrected chi connectivity index (χ3v) is 3.75. The normalized spacial score (nSPS) is 12.3. The van der Waals surface area contributed by atoms with Crippen LogP contribution in [-0.2, 0) is 25.6 Å². The molecule has 0 aliphatic heterocycles. The molecule has 0 saturated carbocycles. The average Bonchev–Trinajstić information content (AvgIpc) is 2.62. The fourth-order valence-corrected chi connectivity index (χ4v) is 2.40. The van der Waals surface area contributed by atoms with Crippen LogP contribution in [0.5, 0.6) is 0 Å². The Morgan fingerprint density at radius 3 is 2.03 bits per heavy atom. The molecule has 0 spiro atoms. The zero-order chi connectivity index (χ0) is 24.7. The van der Waals surface area contributed by atoms with Crippen LogP contribution in [0.25, 0.3) is 0 Å². The third kappa shape index (κ3) is 10.1. The minimum absolute atomic E-state index is 0.0406. The predicted molar refractivity (Wildman–Crippen MR) is 118 cm³/mol. The van der Waals surface area contributed by atoms with Gasteiger partial charge in [0.05, 0.1) is 4.92 Å². The molecule has 0 aromatic heterocycles. The lowest BCUT2D eigenvalue weighted by Crippen LogP contribution is -2.46. The molecule has 1 aromatic carbocycles. The maximum atomic E-state index is 12.6. The molecule has 0 heterocycles. The smallest absolute Gasteiger partial charge is 0.408 e. The van der Waals surface area contributed by atoms with E-state index in [1.54, 1.807) is 41.5 Å². The number of non-ortho nitro benzene ring substituents is 1. The van der Waals surface area contributed by atoms with E-state index in [1.165, 1.54) is 24.3 Å². The molecule has 32 heavy (non-hydrogen) atoms. The molecule has 0 saturated heterocycles. The van der Waals surface area contributed by atoms with E-state index in [1.807, 2.05) is 0 Å². The number of hydrogen-bond donors (Lipinski definition) is 2. The van der Waals surface area contributed by atoms with Crippen molar-refractivity contribution in [3.63, 3.8) is 0 Å². The highest BCUT2D eigenvalue weighted by Crippen LogP contribution is 2.15. The highest BCUT2D eigenvalue weighted by molar-refractivity contribution is 5.94. The van der Waals surface area contributed by atoms with Gasteiger partial charge in [-0.3, -0.25) is 14.9 Å². The van der Waals surface area contributed by atoms with Crippen LogP contribution in [0.15, 0.2) is 36.4 Å². The van der Waals surface area contributed by atoms with E-state index in [2.05, 4.69) is 17.2 Å². The number of rotatable bonds is 8. The summed E-state index contributed by atoms with van der Waals surface area (Å²) < 4.78 is 10.5. The van der Waals surface area contributed by atoms with Crippen molar-refractivity contribution in [3.8, 4) is 0 Å². The molecule has 0 radical (unpaired) electrons. The van der Waals surface area contributed by atoms with Crippen molar-refractivity contribution < 1.29 is 28.8 Å². The Morgan fingerprint density at radius 2 is 1.56 bits per heavy atom. The fourth-order valence-electron chi connectivity index (χ4n) is 2.40. The number of nitro groups is 1. The molecule has 1 atom stereocenters. The maximum absolute atomic E-state index is 12.6. The average molecular weight is 450 g/mol. The van der Waals surface area contributed by atoms with Gasteiger partial charge in [0.1, 0.15) is 17.2 Å². The van der Waals surface area contributed by atoms with Crippen molar-refractivity contribution in [1.29, 1.82) is 0 Å². The Labute approximate surface area is 187 Å². The van der Waals surface area contributed by atoms with E-state index in [-0.39, 0.29) is 24.2 Å². The third-order valence-electron chi connectivity index (χ3n) is 3.75. The van der Waals surface area contributed by atoms with E-state index in [0.29, 0.717) is 5.56 Å². The molecule has 0 fully saturated rings. The van der Waals surface area contributed by atoms with Crippen LogP contribution in [0.4, 0.5) is 10.5 Å². The van der Waals surface area contributed by atoms with Gasteiger partial charge >= 0.3 is 12.1 Å². The molecule has 1 rings (SSSR count). The molecule has 0 aliphatic rings. The van der Waals surface area contributed by atoms with Crippen molar-refractivity contribution >= 4 is 23.7 Å². The Morgan fingerprint density at radius 1 is 1.03 bits per heavy atom. The zero-order valence-electron chi connectivity index (χ0n) is 19.3. The molecule has 0 unspecified atom stereocenters. The standard InChI is InChI=1S/C22H31N3O7/c1-14(18(26)23-13-15-8-10-16(11-9-15)25(29)30)12-17(19(27)31-21(2,3)4)24-20(28)32-22(5,6)7/h8-11,17H,1,12-13H2,2-7H3,(H,23,26)(H,24,28)/t17-/m0/s1. The van der Waals surface area contributed by atoms with Gasteiger partial charge in [0.2, 0.25) is 5.91 Å². The van der Waals surface area contributed by atoms with Gasteiger partial charge in [-0.1, -0.05) is 18.7 Å². The van der Waals surface area contributed by atoms with Crippen molar-refractivity contribution in [2.45, 2.75) is 71.8 Å². The number of esters is 1. The number of benzene rings is 1. The monoisotopic (exact) mass is 449 g/mol. The molecule has 2 N–H and O–H groups in total. The van der Waals surface area contributed by atoms with Crippen molar-refractivity contribution in [1.82, 2.24) is 10.6 Å². The van der Waals surface area contributed by atoms with Gasteiger partial charge in [0.25, 0.3) is 5.69 Å². The van der Waals surface area contributed by atoms with Gasteiger partial charge in [0, 0.05) is 30.7 Å². The summed E-state index contributed by atoms with van der Waals surface area (Å²) in [5, 5.41) is 15.8. The first kappa shape index (κ1) is 26.6. The number of nitrogens with zero attached hydrogens (tertiary/aromatic N) is 1. The van der Waals surface area contributed by atoms with E-state index in [4.69, 9.17) is 9.47 Å². The molecule has 0 aliphatic carbocycles. The summed E-state index contributed by atoms with van der Waals surface area (Å²) in [6, 6.07) is 4.53. The van der Waals surface area contributed by atoms with Crippen LogP contribution in [0.2, 0.25) is 0 Å². The molecule has 1 aromatic rings. The number of amides is 2. The molecule has 2 amide bonds. The van der Waals surface area contributed by atoms with Crippen LogP contribution in [0.3, 0.4) is 0 Å². The maximum Gasteiger partial charge on any atom is 0.408 e. The molecular formula is C22H31N3O7. The van der Waals surface area contributed by atoms with E-state index < -0.39 is 40.1 Å². The lowest BCUT2D eigenvalue weighted by molar-refractivity contribution is -0.384. The Balaban J connectivity index is 2.79. The largest absolute Gasteiger partial charge is 0.458 e. The van der Waals surface area contributed by atoms with Crippen LogP contribution < -0.4 is 10.6 Å². The minimum atomic E-state index is -1.18. The van der Waals surface area contributed by atoms with Crippen molar-refractivity contribution in [2.24, 2.45) is 0 Å². The highest BCUT2D eigenvalue weighted by Gasteiger charge is 2.30. The van der Waals surface area contributed by atoms with E-state index >= 15 is 0 Å². The lowest BCUT2D eigenvalue weighted by atomic mass is 10.1. The van der Waals surface area contributed by atoms with Gasteiger partial charge in [0.15, 0.2) is 0 Å². The summed E-state index contributed by atoms with van der Waals surface area (Å²) in [7, 11) is 0. The quantitative estimate of drug-likeness (QED) is 0.269. The Bertz CT molecular complexity index is 865. The zero-order valence-corrected chi connectivity index (χ0v) is 19.3. The summed E-state index contributed by atoms with van der Waals surface area (Å²) in [6.45, 7) is 13.9. The highest BCUT2D eigenvalue weighted by atomic mass is 16.6. The number of carbonyl (C=O) groups is 3. The fraction of sp³-hybridized carbons (Fsp3) is 0.500. The number of nitrogens with one attached hydrogen (secondary N) is 2. The molecule has 10 heteroatoms. The first-order chi connectivity index (χ1) is 14.6. The molecular weight excluding hydrogens is 418 g/mol. The molecule has 176 valence electrons. The second-order valence-electron chi connectivity index (χ2n) is 9.15. The summed E-state index contributed by atoms with van der Waals surface area (Å²) in [4.78, 5) is 47.4. The number of alkyl carbamates (subject to hydrolysis) is 1. The summed E-state index contributed by atoms with van der Waals surface area (Å²) >= 11 is 0. The topological polar surface area (TPSA) is 137 Å². The second kappa shape index (κ2) is 10.7. The summed E-state index contributed by atoms with van der Waals surface area (Å²) in [5.41, 5.74) is -0.948. The van der Waals surface area contributed by atoms with Crippen LogP contribution in [-0.4, -0.2) is 40.1 Å².